The van der Waals surface area contributed by atoms with Gasteiger partial charge in [-0.05, 0) is 57.0 Å². The summed E-state index contributed by atoms with van der Waals surface area (Å²) in [6.45, 7) is 7.77. The SMILES string of the molecule is Cc1ccc(NC(=O)CC(=O)N[C@@H](C)c2nc3ccc(C)cc3[nH]2)c(C)c1. The zero-order valence-electron chi connectivity index (χ0n) is 16.0. The number of amides is 2. The number of imidazole rings is 1. The largest absolute Gasteiger partial charge is 0.346 e. The monoisotopic (exact) mass is 364 g/mol. The summed E-state index contributed by atoms with van der Waals surface area (Å²) >= 11 is 0. The van der Waals surface area contributed by atoms with Crippen molar-refractivity contribution in [2.75, 3.05) is 5.32 Å². The Kier molecular flexibility index (Phi) is 5.26. The van der Waals surface area contributed by atoms with E-state index >= 15 is 0 Å². The number of aryl methyl sites for hydroxylation is 3. The summed E-state index contributed by atoms with van der Waals surface area (Å²) in [5.74, 6) is -0.0213. The summed E-state index contributed by atoms with van der Waals surface area (Å²) < 4.78 is 0. The molecule has 3 N–H and O–H groups in total. The highest BCUT2D eigenvalue weighted by atomic mass is 16.2. The fourth-order valence-electron chi connectivity index (χ4n) is 3.00. The molecule has 2 aromatic carbocycles. The van der Waals surface area contributed by atoms with Crippen LogP contribution in [0.2, 0.25) is 0 Å². The molecule has 0 aliphatic carbocycles. The van der Waals surface area contributed by atoms with Crippen LogP contribution in [0.4, 0.5) is 5.69 Å². The average Bonchev–Trinajstić information content (AvgIpc) is 3.00. The number of nitrogens with zero attached hydrogens (tertiary/aromatic N) is 1. The first-order valence-corrected chi connectivity index (χ1v) is 8.94. The molecular formula is C21H24N4O2. The predicted molar refractivity (Wildman–Crippen MR) is 107 cm³/mol. The topological polar surface area (TPSA) is 86.9 Å². The number of carbonyl (C=O) groups is 2. The van der Waals surface area contributed by atoms with Gasteiger partial charge in [0.25, 0.3) is 0 Å². The third-order valence-corrected chi connectivity index (χ3v) is 4.42. The highest BCUT2D eigenvalue weighted by Gasteiger charge is 2.16. The second-order valence-corrected chi connectivity index (χ2v) is 6.98. The number of anilines is 1. The van der Waals surface area contributed by atoms with E-state index < -0.39 is 0 Å². The fourth-order valence-corrected chi connectivity index (χ4v) is 3.00. The van der Waals surface area contributed by atoms with E-state index in [1.165, 1.54) is 0 Å². The average molecular weight is 364 g/mol. The van der Waals surface area contributed by atoms with Gasteiger partial charge in [0.1, 0.15) is 12.2 Å². The molecule has 0 aliphatic heterocycles. The number of carbonyl (C=O) groups excluding carboxylic acids is 2. The maximum atomic E-state index is 12.2. The lowest BCUT2D eigenvalue weighted by Crippen LogP contribution is -2.30. The number of fused-ring (bicyclic) bond motifs is 1. The van der Waals surface area contributed by atoms with Gasteiger partial charge in [0.2, 0.25) is 11.8 Å². The smallest absolute Gasteiger partial charge is 0.233 e. The molecule has 3 aromatic rings. The van der Waals surface area contributed by atoms with Crippen LogP contribution in [-0.4, -0.2) is 21.8 Å². The minimum Gasteiger partial charge on any atom is -0.346 e. The predicted octanol–water partition coefficient (Wildman–Crippen LogP) is 3.69. The molecule has 0 fully saturated rings. The van der Waals surface area contributed by atoms with Crippen LogP contribution in [0, 0.1) is 20.8 Å². The summed E-state index contributed by atoms with van der Waals surface area (Å²) in [6, 6.07) is 11.4. The molecule has 6 nitrogen and oxygen atoms in total. The van der Waals surface area contributed by atoms with Gasteiger partial charge in [-0.15, -0.1) is 0 Å². The Morgan fingerprint density at radius 1 is 1.04 bits per heavy atom. The van der Waals surface area contributed by atoms with Crippen molar-refractivity contribution in [1.29, 1.82) is 0 Å². The highest BCUT2D eigenvalue weighted by Crippen LogP contribution is 2.18. The normalized spacial score (nSPS) is 12.0. The number of hydrogen-bond acceptors (Lipinski definition) is 3. The summed E-state index contributed by atoms with van der Waals surface area (Å²) in [5.41, 5.74) is 5.73. The maximum absolute atomic E-state index is 12.2. The van der Waals surface area contributed by atoms with Crippen molar-refractivity contribution >= 4 is 28.5 Å². The molecule has 1 heterocycles. The molecule has 0 spiro atoms. The van der Waals surface area contributed by atoms with Crippen molar-refractivity contribution in [3.8, 4) is 0 Å². The number of benzene rings is 2. The Labute approximate surface area is 158 Å². The molecule has 1 aromatic heterocycles. The molecule has 0 bridgehead atoms. The number of aromatic nitrogens is 2. The van der Waals surface area contributed by atoms with Gasteiger partial charge in [-0.1, -0.05) is 23.8 Å². The highest BCUT2D eigenvalue weighted by molar-refractivity contribution is 6.03. The summed E-state index contributed by atoms with van der Waals surface area (Å²) in [4.78, 5) is 32.1. The minimum atomic E-state index is -0.346. The molecule has 1 atom stereocenters. The first-order chi connectivity index (χ1) is 12.8. The van der Waals surface area contributed by atoms with Crippen molar-refractivity contribution in [1.82, 2.24) is 15.3 Å². The van der Waals surface area contributed by atoms with Crippen molar-refractivity contribution in [2.24, 2.45) is 0 Å². The summed E-state index contributed by atoms with van der Waals surface area (Å²) in [5, 5.41) is 5.60. The second-order valence-electron chi connectivity index (χ2n) is 6.98. The van der Waals surface area contributed by atoms with Gasteiger partial charge in [0, 0.05) is 5.69 Å². The third-order valence-electron chi connectivity index (χ3n) is 4.42. The van der Waals surface area contributed by atoms with E-state index in [1.54, 1.807) is 0 Å². The lowest BCUT2D eigenvalue weighted by Gasteiger charge is -2.12. The molecule has 0 unspecified atom stereocenters. The summed E-state index contributed by atoms with van der Waals surface area (Å²) in [7, 11) is 0. The lowest BCUT2D eigenvalue weighted by atomic mass is 10.1. The molecule has 27 heavy (non-hydrogen) atoms. The van der Waals surface area contributed by atoms with Crippen LogP contribution >= 0.6 is 0 Å². The fraction of sp³-hybridized carbons (Fsp3) is 0.286. The standard InChI is InChI=1S/C21H24N4O2/c1-12-5-7-16(14(3)9-12)23-20(27)11-19(26)22-15(4)21-24-17-8-6-13(2)10-18(17)25-21/h5-10,15H,11H2,1-4H3,(H,22,26)(H,23,27)(H,24,25)/t15-/m0/s1. The number of aromatic amines is 1. The first kappa shape index (κ1) is 18.6. The molecule has 140 valence electrons. The number of hydrogen-bond donors (Lipinski definition) is 3. The Bertz CT molecular complexity index is 1010. The van der Waals surface area contributed by atoms with Crippen LogP contribution in [0.5, 0.6) is 0 Å². The van der Waals surface area contributed by atoms with Crippen molar-refractivity contribution in [3.63, 3.8) is 0 Å². The van der Waals surface area contributed by atoms with Crippen LogP contribution in [0.25, 0.3) is 11.0 Å². The van der Waals surface area contributed by atoms with Crippen molar-refractivity contribution < 1.29 is 9.59 Å². The van der Waals surface area contributed by atoms with Gasteiger partial charge in [-0.25, -0.2) is 4.98 Å². The zero-order chi connectivity index (χ0) is 19.6. The maximum Gasteiger partial charge on any atom is 0.233 e. The van der Waals surface area contributed by atoms with Gasteiger partial charge >= 0.3 is 0 Å². The first-order valence-electron chi connectivity index (χ1n) is 8.94. The van der Waals surface area contributed by atoms with Gasteiger partial charge in [0.05, 0.1) is 17.1 Å². The van der Waals surface area contributed by atoms with Gasteiger partial charge in [-0.3, -0.25) is 9.59 Å². The van der Waals surface area contributed by atoms with E-state index in [0.29, 0.717) is 5.82 Å². The van der Waals surface area contributed by atoms with Crippen LogP contribution < -0.4 is 10.6 Å². The van der Waals surface area contributed by atoms with Crippen molar-refractivity contribution in [2.45, 2.75) is 40.2 Å². The summed E-state index contributed by atoms with van der Waals surface area (Å²) in [6.07, 6.45) is -0.239. The Hall–Kier alpha value is -3.15. The molecule has 0 saturated heterocycles. The van der Waals surface area contributed by atoms with Gasteiger partial charge in [0.15, 0.2) is 0 Å². The van der Waals surface area contributed by atoms with Crippen LogP contribution in [0.15, 0.2) is 36.4 Å². The second kappa shape index (κ2) is 7.61. The van der Waals surface area contributed by atoms with Gasteiger partial charge < -0.3 is 15.6 Å². The van der Waals surface area contributed by atoms with E-state index in [9.17, 15) is 9.59 Å². The van der Waals surface area contributed by atoms with E-state index in [4.69, 9.17) is 0 Å². The number of nitrogens with one attached hydrogen (secondary N) is 3. The molecule has 0 radical (unpaired) electrons. The molecule has 3 rings (SSSR count). The Morgan fingerprint density at radius 3 is 2.48 bits per heavy atom. The molecule has 0 saturated carbocycles. The van der Waals surface area contributed by atoms with Crippen LogP contribution in [-0.2, 0) is 9.59 Å². The van der Waals surface area contributed by atoms with Crippen LogP contribution in [0.1, 0.15) is 41.9 Å². The molecule has 0 aliphatic rings. The number of rotatable bonds is 5. The van der Waals surface area contributed by atoms with E-state index in [-0.39, 0.29) is 24.3 Å². The Morgan fingerprint density at radius 2 is 1.74 bits per heavy atom. The van der Waals surface area contributed by atoms with Gasteiger partial charge in [-0.2, -0.15) is 0 Å². The molecule has 6 heteroatoms. The lowest BCUT2D eigenvalue weighted by molar-refractivity contribution is -0.127. The quantitative estimate of drug-likeness (QED) is 0.603. The van der Waals surface area contributed by atoms with E-state index in [2.05, 4.69) is 20.6 Å². The number of H-pyrrole nitrogens is 1. The molecular weight excluding hydrogens is 340 g/mol. The van der Waals surface area contributed by atoms with Crippen molar-refractivity contribution in [3.05, 3.63) is 58.9 Å². The third kappa shape index (κ3) is 4.53. The molecule has 2 amide bonds. The van der Waals surface area contributed by atoms with Crippen LogP contribution in [0.3, 0.4) is 0 Å². The van der Waals surface area contributed by atoms with E-state index in [0.717, 1.165) is 33.4 Å². The zero-order valence-corrected chi connectivity index (χ0v) is 16.0. The minimum absolute atomic E-state index is 0.239. The Balaban J connectivity index is 1.59. The van der Waals surface area contributed by atoms with E-state index in [1.807, 2.05) is 64.1 Å².